The first-order valence-corrected chi connectivity index (χ1v) is 4.74. The second-order valence-electron chi connectivity index (χ2n) is 2.94. The number of hydrogen-bond acceptors (Lipinski definition) is 4. The molecule has 0 spiro atoms. The van der Waals surface area contributed by atoms with Crippen LogP contribution in [0.5, 0.6) is 0 Å². The van der Waals surface area contributed by atoms with E-state index in [0.717, 1.165) is 19.0 Å². The minimum atomic E-state index is -0.394. The van der Waals surface area contributed by atoms with Gasteiger partial charge in [-0.05, 0) is 6.42 Å². The highest BCUT2D eigenvalue weighted by Crippen LogP contribution is 2.07. The smallest absolute Gasteiger partial charge is 0.329 e. The lowest BCUT2D eigenvalue weighted by Crippen LogP contribution is -2.27. The summed E-state index contributed by atoms with van der Waals surface area (Å²) in [5, 5.41) is 8.45. The number of likely N-dealkylation sites (tertiary alicyclic amines) is 1. The van der Waals surface area contributed by atoms with E-state index in [1.807, 2.05) is 0 Å². The molecule has 5 nitrogen and oxygen atoms in total. The molecule has 0 atom stereocenters. The van der Waals surface area contributed by atoms with E-state index >= 15 is 0 Å². The van der Waals surface area contributed by atoms with Crippen molar-refractivity contribution in [3.8, 4) is 0 Å². The monoisotopic (exact) mass is 215 g/mol. The summed E-state index contributed by atoms with van der Waals surface area (Å²) in [5.41, 5.74) is 0. The molecular formula is C10H17NO4. The number of aliphatic hydroxyl groups is 1. The largest absolute Gasteiger partial charge is 0.466 e. The second kappa shape index (κ2) is 7.99. The fraction of sp³-hybridized carbons (Fsp3) is 0.600. The van der Waals surface area contributed by atoms with Crippen molar-refractivity contribution in [1.82, 2.24) is 4.90 Å². The molecule has 0 radical (unpaired) electrons. The predicted octanol–water partition coefficient (Wildman–Crippen LogP) is -0.0535. The molecule has 1 N–H and O–H groups in total. The first-order valence-electron chi connectivity index (χ1n) is 4.74. The molecule has 0 aromatic rings. The van der Waals surface area contributed by atoms with E-state index in [4.69, 9.17) is 5.11 Å². The zero-order valence-corrected chi connectivity index (χ0v) is 8.94. The maximum atomic E-state index is 10.8. The number of aliphatic hydroxyl groups excluding tert-OH is 1. The van der Waals surface area contributed by atoms with Crippen LogP contribution >= 0.6 is 0 Å². The Hall–Kier alpha value is -1.36. The zero-order chi connectivity index (χ0) is 11.7. The molecule has 1 saturated heterocycles. The summed E-state index contributed by atoms with van der Waals surface area (Å²) in [6.45, 7) is 4.59. The van der Waals surface area contributed by atoms with Gasteiger partial charge in [-0.15, -0.1) is 0 Å². The standard InChI is InChI=1S/C6H11NO2.C4H6O2/c8-5-4-7-3-1-2-6(7)9;1-3-4(5)6-2/h8H,1-5H2;3H,1H2,2H3. The number of esters is 1. The highest BCUT2D eigenvalue weighted by Gasteiger charge is 2.18. The molecular weight excluding hydrogens is 198 g/mol. The van der Waals surface area contributed by atoms with Crippen LogP contribution in [-0.2, 0) is 14.3 Å². The third kappa shape index (κ3) is 5.85. The number of β-amino-alcohol motifs (C(OH)–C–C–N with tert-alkyl or cyclic N) is 1. The maximum Gasteiger partial charge on any atom is 0.329 e. The highest BCUT2D eigenvalue weighted by molar-refractivity contribution is 5.80. The van der Waals surface area contributed by atoms with E-state index < -0.39 is 5.97 Å². The van der Waals surface area contributed by atoms with Crippen molar-refractivity contribution in [1.29, 1.82) is 0 Å². The molecule has 86 valence electrons. The van der Waals surface area contributed by atoms with E-state index in [-0.39, 0.29) is 12.5 Å². The third-order valence-electron chi connectivity index (χ3n) is 1.91. The van der Waals surface area contributed by atoms with Crippen LogP contribution in [0.4, 0.5) is 0 Å². The van der Waals surface area contributed by atoms with E-state index in [9.17, 15) is 9.59 Å². The molecule has 0 saturated carbocycles. The summed E-state index contributed by atoms with van der Waals surface area (Å²) in [4.78, 5) is 22.3. The molecule has 5 heteroatoms. The summed E-state index contributed by atoms with van der Waals surface area (Å²) in [7, 11) is 1.31. The Morgan fingerprint density at radius 3 is 2.67 bits per heavy atom. The molecule has 0 unspecified atom stereocenters. The Morgan fingerprint density at radius 2 is 2.40 bits per heavy atom. The molecule has 0 aromatic heterocycles. The van der Waals surface area contributed by atoms with Crippen molar-refractivity contribution >= 4 is 11.9 Å². The Balaban J connectivity index is 0.000000288. The predicted molar refractivity (Wildman–Crippen MR) is 55.1 cm³/mol. The number of carbonyl (C=O) groups excluding carboxylic acids is 2. The van der Waals surface area contributed by atoms with Crippen LogP contribution in [0.3, 0.4) is 0 Å². The van der Waals surface area contributed by atoms with Gasteiger partial charge in [-0.3, -0.25) is 4.79 Å². The minimum Gasteiger partial charge on any atom is -0.466 e. The van der Waals surface area contributed by atoms with Gasteiger partial charge in [0.15, 0.2) is 0 Å². The average Bonchev–Trinajstić information content (AvgIpc) is 2.65. The van der Waals surface area contributed by atoms with Crippen molar-refractivity contribution in [3.63, 3.8) is 0 Å². The zero-order valence-electron chi connectivity index (χ0n) is 8.94. The van der Waals surface area contributed by atoms with Gasteiger partial charge in [0.2, 0.25) is 5.91 Å². The summed E-state index contributed by atoms with van der Waals surface area (Å²) in [5.74, 6) is -0.209. The van der Waals surface area contributed by atoms with Crippen molar-refractivity contribution < 1.29 is 19.4 Å². The van der Waals surface area contributed by atoms with Gasteiger partial charge < -0.3 is 14.7 Å². The SMILES string of the molecule is C=CC(=O)OC.O=C1CCCN1CCO. The first-order chi connectivity index (χ1) is 7.15. The number of carbonyl (C=O) groups is 2. The number of rotatable bonds is 3. The number of amides is 1. The fourth-order valence-corrected chi connectivity index (χ4v) is 1.14. The van der Waals surface area contributed by atoms with Gasteiger partial charge >= 0.3 is 5.97 Å². The lowest BCUT2D eigenvalue weighted by atomic mass is 10.4. The van der Waals surface area contributed by atoms with E-state index in [1.165, 1.54) is 7.11 Å². The molecule has 0 aliphatic carbocycles. The molecule has 1 fully saturated rings. The molecule has 1 heterocycles. The number of nitrogens with zero attached hydrogens (tertiary/aromatic N) is 1. The van der Waals surface area contributed by atoms with Crippen molar-refractivity contribution in [2.75, 3.05) is 26.8 Å². The second-order valence-corrected chi connectivity index (χ2v) is 2.94. The van der Waals surface area contributed by atoms with Gasteiger partial charge in [0.1, 0.15) is 0 Å². The summed E-state index contributed by atoms with van der Waals surface area (Å²) >= 11 is 0. The highest BCUT2D eigenvalue weighted by atomic mass is 16.5. The molecule has 0 aromatic carbocycles. The van der Waals surface area contributed by atoms with E-state index in [0.29, 0.717) is 13.0 Å². The van der Waals surface area contributed by atoms with Gasteiger partial charge in [0.25, 0.3) is 0 Å². The van der Waals surface area contributed by atoms with Crippen molar-refractivity contribution in [3.05, 3.63) is 12.7 Å². The lowest BCUT2D eigenvalue weighted by Gasteiger charge is -2.11. The number of methoxy groups -OCH3 is 1. The van der Waals surface area contributed by atoms with Crippen LogP contribution < -0.4 is 0 Å². The third-order valence-corrected chi connectivity index (χ3v) is 1.91. The van der Waals surface area contributed by atoms with Crippen molar-refractivity contribution in [2.24, 2.45) is 0 Å². The fourth-order valence-electron chi connectivity index (χ4n) is 1.14. The average molecular weight is 215 g/mol. The molecule has 15 heavy (non-hydrogen) atoms. The minimum absolute atomic E-state index is 0.0890. The Kier molecular flexibility index (Phi) is 7.27. The summed E-state index contributed by atoms with van der Waals surface area (Å²) in [6, 6.07) is 0. The normalized spacial score (nSPS) is 14.3. The summed E-state index contributed by atoms with van der Waals surface area (Å²) in [6.07, 6.45) is 2.73. The maximum absolute atomic E-state index is 10.8. The van der Waals surface area contributed by atoms with Crippen LogP contribution in [0.1, 0.15) is 12.8 Å². The van der Waals surface area contributed by atoms with Gasteiger partial charge in [0, 0.05) is 25.6 Å². The van der Waals surface area contributed by atoms with Crippen LogP contribution in [0.25, 0.3) is 0 Å². The van der Waals surface area contributed by atoms with Crippen LogP contribution in [0, 0.1) is 0 Å². The summed E-state index contributed by atoms with van der Waals surface area (Å²) < 4.78 is 4.14. The van der Waals surface area contributed by atoms with Crippen LogP contribution in [0.2, 0.25) is 0 Å². The lowest BCUT2D eigenvalue weighted by molar-refractivity contribution is -0.134. The number of hydrogen-bond donors (Lipinski definition) is 1. The molecule has 0 bridgehead atoms. The quantitative estimate of drug-likeness (QED) is 0.529. The van der Waals surface area contributed by atoms with E-state index in [2.05, 4.69) is 11.3 Å². The number of ether oxygens (including phenoxy) is 1. The Labute approximate surface area is 89.3 Å². The van der Waals surface area contributed by atoms with Gasteiger partial charge in [-0.25, -0.2) is 4.79 Å². The Morgan fingerprint density at radius 1 is 1.73 bits per heavy atom. The molecule has 1 aliphatic heterocycles. The molecule has 1 amide bonds. The molecule has 1 rings (SSSR count). The first kappa shape index (κ1) is 13.6. The van der Waals surface area contributed by atoms with Gasteiger partial charge in [-0.1, -0.05) is 6.58 Å². The van der Waals surface area contributed by atoms with Gasteiger partial charge in [0.05, 0.1) is 13.7 Å². The molecule has 1 aliphatic rings. The van der Waals surface area contributed by atoms with Crippen LogP contribution in [0.15, 0.2) is 12.7 Å². The topological polar surface area (TPSA) is 66.8 Å². The van der Waals surface area contributed by atoms with Gasteiger partial charge in [-0.2, -0.15) is 0 Å². The van der Waals surface area contributed by atoms with E-state index in [1.54, 1.807) is 4.90 Å². The Bertz CT molecular complexity index is 227. The van der Waals surface area contributed by atoms with Crippen molar-refractivity contribution in [2.45, 2.75) is 12.8 Å². The van der Waals surface area contributed by atoms with Crippen LogP contribution in [-0.4, -0.2) is 48.7 Å².